The summed E-state index contributed by atoms with van der Waals surface area (Å²) >= 11 is 6.19. The summed E-state index contributed by atoms with van der Waals surface area (Å²) in [7, 11) is 0. The smallest absolute Gasteiger partial charge is 0.258 e. The molecule has 2 aromatic rings. The van der Waals surface area contributed by atoms with Crippen molar-refractivity contribution in [2.75, 3.05) is 0 Å². The van der Waals surface area contributed by atoms with Gasteiger partial charge in [-0.05, 0) is 37.5 Å². The molecule has 18 heavy (non-hydrogen) atoms. The Bertz CT molecular complexity index is 536. The zero-order valence-electron chi connectivity index (χ0n) is 10.9. The van der Waals surface area contributed by atoms with E-state index in [-0.39, 0.29) is 5.38 Å². The van der Waals surface area contributed by atoms with Gasteiger partial charge < -0.3 is 4.52 Å². The van der Waals surface area contributed by atoms with E-state index in [9.17, 15) is 0 Å². The normalized spacial score (nSPS) is 12.7. The Morgan fingerprint density at radius 2 is 2.11 bits per heavy atom. The molecule has 4 heteroatoms. The molecule has 0 aliphatic rings. The van der Waals surface area contributed by atoms with Gasteiger partial charge in [-0.15, -0.1) is 11.6 Å². The van der Waals surface area contributed by atoms with Crippen molar-refractivity contribution in [2.24, 2.45) is 0 Å². The van der Waals surface area contributed by atoms with Gasteiger partial charge in [0, 0.05) is 5.56 Å². The van der Waals surface area contributed by atoms with Crippen LogP contribution < -0.4 is 0 Å². The van der Waals surface area contributed by atoms with E-state index in [1.807, 2.05) is 12.1 Å². The molecular weight excluding hydrogens is 248 g/mol. The number of rotatable bonds is 4. The van der Waals surface area contributed by atoms with Crippen LogP contribution in [0.15, 0.2) is 22.7 Å². The van der Waals surface area contributed by atoms with Gasteiger partial charge in [-0.2, -0.15) is 4.98 Å². The Morgan fingerprint density at radius 1 is 1.33 bits per heavy atom. The lowest BCUT2D eigenvalue weighted by atomic mass is 10.0. The second kappa shape index (κ2) is 5.53. The van der Waals surface area contributed by atoms with Crippen LogP contribution in [0.5, 0.6) is 0 Å². The Balaban J connectivity index is 2.32. The molecule has 0 aliphatic heterocycles. The third kappa shape index (κ3) is 2.56. The SMILES string of the molecule is CCCC(Cl)c1noc(-c2cccc(C)c2C)n1. The molecule has 3 nitrogen and oxygen atoms in total. The summed E-state index contributed by atoms with van der Waals surface area (Å²) in [5, 5.41) is 3.79. The summed E-state index contributed by atoms with van der Waals surface area (Å²) in [5.74, 6) is 1.13. The van der Waals surface area contributed by atoms with E-state index in [0.29, 0.717) is 11.7 Å². The lowest BCUT2D eigenvalue weighted by molar-refractivity contribution is 0.420. The molecule has 0 fully saturated rings. The lowest BCUT2D eigenvalue weighted by Crippen LogP contribution is -1.93. The predicted octanol–water partition coefficient (Wildman–Crippen LogP) is 4.43. The first kappa shape index (κ1) is 13.1. The molecular formula is C14H17ClN2O. The van der Waals surface area contributed by atoms with Gasteiger partial charge in [0.2, 0.25) is 0 Å². The molecule has 0 bridgehead atoms. The third-order valence-electron chi connectivity index (χ3n) is 3.10. The second-order valence-electron chi connectivity index (χ2n) is 4.46. The van der Waals surface area contributed by atoms with Crippen LogP contribution in [0.25, 0.3) is 11.5 Å². The van der Waals surface area contributed by atoms with Crippen molar-refractivity contribution in [2.45, 2.75) is 39.0 Å². The maximum atomic E-state index is 6.19. The number of hydrogen-bond acceptors (Lipinski definition) is 3. The topological polar surface area (TPSA) is 38.9 Å². The predicted molar refractivity (Wildman–Crippen MR) is 72.7 cm³/mol. The molecule has 0 aliphatic carbocycles. The maximum absolute atomic E-state index is 6.19. The Kier molecular flexibility index (Phi) is 4.02. The lowest BCUT2D eigenvalue weighted by Gasteiger charge is -2.03. The fourth-order valence-electron chi connectivity index (χ4n) is 1.84. The molecule has 0 saturated heterocycles. The second-order valence-corrected chi connectivity index (χ2v) is 4.99. The Morgan fingerprint density at radius 3 is 2.83 bits per heavy atom. The Labute approximate surface area is 112 Å². The maximum Gasteiger partial charge on any atom is 0.258 e. The van der Waals surface area contributed by atoms with Gasteiger partial charge in [-0.25, -0.2) is 0 Å². The monoisotopic (exact) mass is 264 g/mol. The minimum atomic E-state index is -0.169. The van der Waals surface area contributed by atoms with Crippen molar-refractivity contribution in [3.63, 3.8) is 0 Å². The quantitative estimate of drug-likeness (QED) is 0.767. The van der Waals surface area contributed by atoms with E-state index in [2.05, 4.69) is 37.0 Å². The summed E-state index contributed by atoms with van der Waals surface area (Å²) in [5.41, 5.74) is 3.35. The van der Waals surface area contributed by atoms with Crippen LogP contribution in [0.1, 0.15) is 42.1 Å². The molecule has 1 aromatic heterocycles. The number of halogens is 1. The van der Waals surface area contributed by atoms with Crippen LogP contribution in [0.2, 0.25) is 0 Å². The van der Waals surface area contributed by atoms with E-state index >= 15 is 0 Å². The standard InChI is InChI=1S/C14H17ClN2O/c1-4-6-12(15)13-16-14(18-17-13)11-8-5-7-9(2)10(11)3/h5,7-8,12H,4,6H2,1-3H3. The molecule has 1 unspecified atom stereocenters. The van der Waals surface area contributed by atoms with Gasteiger partial charge in [-0.1, -0.05) is 30.6 Å². The van der Waals surface area contributed by atoms with Crippen molar-refractivity contribution in [1.82, 2.24) is 10.1 Å². The average molecular weight is 265 g/mol. The van der Waals surface area contributed by atoms with Gasteiger partial charge in [0.05, 0.1) is 5.38 Å². The third-order valence-corrected chi connectivity index (χ3v) is 3.51. The summed E-state index contributed by atoms with van der Waals surface area (Å²) in [6.45, 7) is 6.21. The van der Waals surface area contributed by atoms with Gasteiger partial charge in [-0.3, -0.25) is 0 Å². The summed E-state index contributed by atoms with van der Waals surface area (Å²) in [4.78, 5) is 4.39. The van der Waals surface area contributed by atoms with E-state index in [1.165, 1.54) is 5.56 Å². The molecule has 0 N–H and O–H groups in total. The minimum absolute atomic E-state index is 0.169. The first-order valence-electron chi connectivity index (χ1n) is 6.17. The van der Waals surface area contributed by atoms with Crippen LogP contribution in [-0.4, -0.2) is 10.1 Å². The highest BCUT2D eigenvalue weighted by molar-refractivity contribution is 6.20. The zero-order valence-corrected chi connectivity index (χ0v) is 11.7. The van der Waals surface area contributed by atoms with E-state index in [1.54, 1.807) is 0 Å². The van der Waals surface area contributed by atoms with Gasteiger partial charge in [0.25, 0.3) is 5.89 Å². The van der Waals surface area contributed by atoms with Crippen LogP contribution in [0.4, 0.5) is 0 Å². The molecule has 96 valence electrons. The molecule has 0 spiro atoms. The molecule has 1 atom stereocenters. The first-order valence-corrected chi connectivity index (χ1v) is 6.61. The highest BCUT2D eigenvalue weighted by atomic mass is 35.5. The number of aromatic nitrogens is 2. The van der Waals surface area contributed by atoms with E-state index in [4.69, 9.17) is 16.1 Å². The number of benzene rings is 1. The van der Waals surface area contributed by atoms with Crippen molar-refractivity contribution >= 4 is 11.6 Å². The van der Waals surface area contributed by atoms with Crippen molar-refractivity contribution in [3.05, 3.63) is 35.2 Å². The van der Waals surface area contributed by atoms with Gasteiger partial charge >= 0.3 is 0 Å². The number of nitrogens with zero attached hydrogens (tertiary/aromatic N) is 2. The van der Waals surface area contributed by atoms with Crippen molar-refractivity contribution in [3.8, 4) is 11.5 Å². The first-order chi connectivity index (χ1) is 8.63. The number of alkyl halides is 1. The molecule has 0 amide bonds. The van der Waals surface area contributed by atoms with E-state index < -0.39 is 0 Å². The van der Waals surface area contributed by atoms with E-state index in [0.717, 1.165) is 24.0 Å². The summed E-state index contributed by atoms with van der Waals surface area (Å²) in [6, 6.07) is 6.05. The van der Waals surface area contributed by atoms with Gasteiger partial charge in [0.15, 0.2) is 5.82 Å². The van der Waals surface area contributed by atoms with Crippen LogP contribution in [0.3, 0.4) is 0 Å². The fraction of sp³-hybridized carbons (Fsp3) is 0.429. The number of hydrogen-bond donors (Lipinski definition) is 0. The fourth-order valence-corrected chi connectivity index (χ4v) is 2.14. The molecule has 0 saturated carbocycles. The molecule has 2 rings (SSSR count). The highest BCUT2D eigenvalue weighted by Gasteiger charge is 2.17. The molecule has 0 radical (unpaired) electrons. The minimum Gasteiger partial charge on any atom is -0.334 e. The van der Waals surface area contributed by atoms with Gasteiger partial charge in [0.1, 0.15) is 0 Å². The molecule has 1 heterocycles. The highest BCUT2D eigenvalue weighted by Crippen LogP contribution is 2.28. The number of aryl methyl sites for hydroxylation is 1. The zero-order chi connectivity index (χ0) is 13.1. The Hall–Kier alpha value is -1.35. The van der Waals surface area contributed by atoms with Crippen LogP contribution in [-0.2, 0) is 0 Å². The van der Waals surface area contributed by atoms with Crippen LogP contribution >= 0.6 is 11.6 Å². The largest absolute Gasteiger partial charge is 0.334 e. The summed E-state index contributed by atoms with van der Waals surface area (Å²) in [6.07, 6.45) is 1.86. The van der Waals surface area contributed by atoms with Crippen molar-refractivity contribution < 1.29 is 4.52 Å². The molecule has 1 aromatic carbocycles. The van der Waals surface area contributed by atoms with Crippen LogP contribution in [0, 0.1) is 13.8 Å². The summed E-state index contributed by atoms with van der Waals surface area (Å²) < 4.78 is 5.31. The average Bonchev–Trinajstić information content (AvgIpc) is 2.82. The van der Waals surface area contributed by atoms with Crippen molar-refractivity contribution in [1.29, 1.82) is 0 Å².